The molecule has 0 aliphatic carbocycles. The molecule has 1 aliphatic heterocycles. The van der Waals surface area contributed by atoms with Gasteiger partial charge in [0.15, 0.2) is 0 Å². The van der Waals surface area contributed by atoms with E-state index in [0.29, 0.717) is 5.92 Å². The third-order valence-electron chi connectivity index (χ3n) is 4.55. The molecule has 0 radical (unpaired) electrons. The minimum absolute atomic E-state index is 0.408. The summed E-state index contributed by atoms with van der Waals surface area (Å²) in [5.41, 5.74) is 3.79. The average Bonchev–Trinajstić information content (AvgIpc) is 2.94. The third kappa shape index (κ3) is 4.43. The molecular formula is C19H27BrN4O. The molecule has 1 fully saturated rings. The predicted molar refractivity (Wildman–Crippen MR) is 105 cm³/mol. The van der Waals surface area contributed by atoms with E-state index in [-0.39, 0.29) is 0 Å². The van der Waals surface area contributed by atoms with Gasteiger partial charge >= 0.3 is 0 Å². The molecule has 0 saturated carbocycles. The maximum absolute atomic E-state index is 5.51. The fraction of sp³-hybridized carbons (Fsp3) is 0.526. The quantitative estimate of drug-likeness (QED) is 0.797. The minimum Gasteiger partial charge on any atom is -0.378 e. The molecule has 1 N–H and O–H groups in total. The van der Waals surface area contributed by atoms with Crippen molar-refractivity contribution < 1.29 is 4.74 Å². The van der Waals surface area contributed by atoms with Crippen LogP contribution in [0, 0.1) is 0 Å². The number of aromatic nitrogens is 2. The van der Waals surface area contributed by atoms with Crippen LogP contribution in [0.25, 0.3) is 0 Å². The number of benzene rings is 1. The number of rotatable bonds is 6. The summed E-state index contributed by atoms with van der Waals surface area (Å²) in [4.78, 5) is 2.40. The van der Waals surface area contributed by atoms with Crippen molar-refractivity contribution in [1.29, 1.82) is 0 Å². The van der Waals surface area contributed by atoms with Gasteiger partial charge < -0.3 is 15.0 Å². The summed E-state index contributed by atoms with van der Waals surface area (Å²) in [7, 11) is 2.05. The van der Waals surface area contributed by atoms with Crippen molar-refractivity contribution in [3.63, 3.8) is 0 Å². The number of ether oxygens (including phenoxy) is 1. The molecule has 3 rings (SSSR count). The summed E-state index contributed by atoms with van der Waals surface area (Å²) in [6, 6.07) is 8.46. The van der Waals surface area contributed by atoms with E-state index < -0.39 is 0 Å². The molecule has 0 atom stereocenters. The van der Waals surface area contributed by atoms with Gasteiger partial charge in [-0.3, -0.25) is 4.68 Å². The zero-order valence-electron chi connectivity index (χ0n) is 15.3. The van der Waals surface area contributed by atoms with Gasteiger partial charge in [0.1, 0.15) is 5.82 Å². The number of halogens is 1. The van der Waals surface area contributed by atoms with Gasteiger partial charge in [-0.1, -0.05) is 41.9 Å². The Morgan fingerprint density at radius 1 is 1.16 bits per heavy atom. The molecule has 2 heterocycles. The van der Waals surface area contributed by atoms with Crippen LogP contribution in [0.1, 0.15) is 36.6 Å². The molecule has 2 aromatic rings. The summed E-state index contributed by atoms with van der Waals surface area (Å²) >= 11 is 3.48. The number of nitrogens with zero attached hydrogens (tertiary/aromatic N) is 3. The number of nitrogens with one attached hydrogen (secondary N) is 1. The second-order valence-corrected chi connectivity index (χ2v) is 7.71. The van der Waals surface area contributed by atoms with Gasteiger partial charge in [-0.15, -0.1) is 0 Å². The number of morpholine rings is 1. The summed E-state index contributed by atoms with van der Waals surface area (Å²) in [6.45, 7) is 9.52. The maximum Gasteiger partial charge on any atom is 0.131 e. The van der Waals surface area contributed by atoms with Gasteiger partial charge in [0.05, 0.1) is 18.9 Å². The maximum atomic E-state index is 5.51. The molecule has 0 bridgehead atoms. The Morgan fingerprint density at radius 3 is 2.48 bits per heavy atom. The monoisotopic (exact) mass is 406 g/mol. The zero-order chi connectivity index (χ0) is 17.8. The number of aryl methyl sites for hydroxylation is 1. The van der Waals surface area contributed by atoms with E-state index in [0.717, 1.165) is 43.9 Å². The van der Waals surface area contributed by atoms with Crippen molar-refractivity contribution in [3.8, 4) is 0 Å². The van der Waals surface area contributed by atoms with Crippen molar-refractivity contribution in [1.82, 2.24) is 15.1 Å². The lowest BCUT2D eigenvalue weighted by atomic mass is 10.0. The van der Waals surface area contributed by atoms with Gasteiger partial charge in [-0.25, -0.2) is 0 Å². The van der Waals surface area contributed by atoms with E-state index >= 15 is 0 Å². The van der Waals surface area contributed by atoms with E-state index in [2.05, 4.69) is 71.3 Å². The Hall–Kier alpha value is -1.37. The minimum atomic E-state index is 0.408. The largest absolute Gasteiger partial charge is 0.378 e. The highest BCUT2D eigenvalue weighted by Gasteiger charge is 2.23. The smallest absolute Gasteiger partial charge is 0.131 e. The summed E-state index contributed by atoms with van der Waals surface area (Å²) in [6.07, 6.45) is 0. The van der Waals surface area contributed by atoms with Crippen LogP contribution < -0.4 is 10.2 Å². The van der Waals surface area contributed by atoms with E-state index in [1.165, 1.54) is 22.6 Å². The molecule has 1 saturated heterocycles. The number of hydrogen-bond acceptors (Lipinski definition) is 4. The van der Waals surface area contributed by atoms with Crippen molar-refractivity contribution in [2.45, 2.75) is 32.9 Å². The number of anilines is 1. The first kappa shape index (κ1) is 18.4. The Morgan fingerprint density at radius 2 is 1.84 bits per heavy atom. The molecular weight excluding hydrogens is 380 g/mol. The standard InChI is InChI=1S/C19H27BrN4O/c1-14(2)18-17(13-21-12-15-4-6-16(20)7-5-15)19(23(3)22-18)24-8-10-25-11-9-24/h4-7,14,21H,8-13H2,1-3H3. The summed E-state index contributed by atoms with van der Waals surface area (Å²) in [5.74, 6) is 1.64. The molecule has 1 aromatic heterocycles. The Labute approximate surface area is 158 Å². The molecule has 5 nitrogen and oxygen atoms in total. The molecule has 1 aromatic carbocycles. The predicted octanol–water partition coefficient (Wildman–Crippen LogP) is 3.43. The summed E-state index contributed by atoms with van der Waals surface area (Å²) in [5, 5.41) is 8.41. The van der Waals surface area contributed by atoms with Crippen LogP contribution in [0.3, 0.4) is 0 Å². The topological polar surface area (TPSA) is 42.3 Å². The molecule has 25 heavy (non-hydrogen) atoms. The van der Waals surface area contributed by atoms with Crippen LogP contribution in [-0.2, 0) is 24.9 Å². The van der Waals surface area contributed by atoms with Crippen LogP contribution in [0.5, 0.6) is 0 Å². The third-order valence-corrected chi connectivity index (χ3v) is 5.07. The van der Waals surface area contributed by atoms with Gasteiger partial charge in [-0.05, 0) is 23.6 Å². The van der Waals surface area contributed by atoms with Crippen LogP contribution >= 0.6 is 15.9 Å². The van der Waals surface area contributed by atoms with E-state index in [1.54, 1.807) is 0 Å². The second-order valence-electron chi connectivity index (χ2n) is 6.80. The first-order valence-corrected chi connectivity index (χ1v) is 9.69. The van der Waals surface area contributed by atoms with Crippen LogP contribution in [-0.4, -0.2) is 36.1 Å². The second kappa shape index (κ2) is 8.34. The van der Waals surface area contributed by atoms with Gasteiger partial charge in [-0.2, -0.15) is 5.10 Å². The SMILES string of the molecule is CC(C)c1nn(C)c(N2CCOCC2)c1CNCc1ccc(Br)cc1. The van der Waals surface area contributed by atoms with Crippen LogP contribution in [0.4, 0.5) is 5.82 Å². The van der Waals surface area contributed by atoms with Crippen molar-refractivity contribution in [2.75, 3.05) is 31.2 Å². The van der Waals surface area contributed by atoms with Crippen LogP contribution in [0.2, 0.25) is 0 Å². The number of hydrogen-bond donors (Lipinski definition) is 1. The highest BCUT2D eigenvalue weighted by Crippen LogP contribution is 2.29. The highest BCUT2D eigenvalue weighted by molar-refractivity contribution is 9.10. The lowest BCUT2D eigenvalue weighted by molar-refractivity contribution is 0.122. The highest BCUT2D eigenvalue weighted by atomic mass is 79.9. The average molecular weight is 407 g/mol. The van der Waals surface area contributed by atoms with E-state index in [4.69, 9.17) is 9.84 Å². The Kier molecular flexibility index (Phi) is 6.15. The molecule has 0 unspecified atom stereocenters. The zero-order valence-corrected chi connectivity index (χ0v) is 16.8. The van der Waals surface area contributed by atoms with Gasteiger partial charge in [0.25, 0.3) is 0 Å². The fourth-order valence-corrected chi connectivity index (χ4v) is 3.58. The van der Waals surface area contributed by atoms with E-state index in [9.17, 15) is 0 Å². The lowest BCUT2D eigenvalue weighted by Crippen LogP contribution is -2.38. The first-order chi connectivity index (χ1) is 12.1. The Balaban J connectivity index is 1.76. The van der Waals surface area contributed by atoms with Crippen LogP contribution in [0.15, 0.2) is 28.7 Å². The molecule has 1 aliphatic rings. The summed E-state index contributed by atoms with van der Waals surface area (Å²) < 4.78 is 8.66. The normalized spacial score (nSPS) is 15.2. The van der Waals surface area contributed by atoms with Crippen molar-refractivity contribution in [3.05, 3.63) is 45.6 Å². The molecule has 6 heteroatoms. The van der Waals surface area contributed by atoms with Gasteiger partial charge in [0, 0.05) is 43.3 Å². The molecule has 0 amide bonds. The van der Waals surface area contributed by atoms with E-state index in [1.807, 2.05) is 4.68 Å². The fourth-order valence-electron chi connectivity index (χ4n) is 3.32. The first-order valence-electron chi connectivity index (χ1n) is 8.90. The lowest BCUT2D eigenvalue weighted by Gasteiger charge is -2.29. The molecule has 0 spiro atoms. The van der Waals surface area contributed by atoms with Crippen molar-refractivity contribution >= 4 is 21.7 Å². The van der Waals surface area contributed by atoms with Gasteiger partial charge in [0.2, 0.25) is 0 Å². The van der Waals surface area contributed by atoms with Crippen molar-refractivity contribution in [2.24, 2.45) is 7.05 Å². The Bertz CT molecular complexity index is 690. The molecule has 136 valence electrons.